The van der Waals surface area contributed by atoms with E-state index in [1.165, 1.54) is 0 Å². The third-order valence-electron chi connectivity index (χ3n) is 3.73. The van der Waals surface area contributed by atoms with Gasteiger partial charge in [-0.15, -0.1) is 0 Å². The topological polar surface area (TPSA) is 54.3 Å². The molecule has 20 heavy (non-hydrogen) atoms. The van der Waals surface area contributed by atoms with Crippen molar-refractivity contribution in [3.63, 3.8) is 0 Å². The van der Waals surface area contributed by atoms with Gasteiger partial charge in [0.1, 0.15) is 4.90 Å². The lowest BCUT2D eigenvalue weighted by Crippen LogP contribution is -2.35. The number of nitrogens with zero attached hydrogens (tertiary/aromatic N) is 2. The number of sulfonamides is 1. The Bertz CT molecular complexity index is 543. The normalized spacial score (nSPS) is 17.8. The standard InChI is InChI=1S/C14H25N3O2S/c1-12(2)15-10-13-9-14(11-16(13)3)20(18,19)17-7-5-4-6-8-17/h9,11-12,15H,4-8,10H2,1-3H3. The summed E-state index contributed by atoms with van der Waals surface area (Å²) in [5.74, 6) is 0. The van der Waals surface area contributed by atoms with Crippen LogP contribution in [0.1, 0.15) is 38.8 Å². The number of aryl methyl sites for hydroxylation is 1. The van der Waals surface area contributed by atoms with Gasteiger partial charge in [0.05, 0.1) is 0 Å². The Balaban J connectivity index is 2.17. The van der Waals surface area contributed by atoms with Crippen molar-refractivity contribution in [2.75, 3.05) is 13.1 Å². The Hall–Kier alpha value is -0.850. The second kappa shape index (κ2) is 6.28. The largest absolute Gasteiger partial charge is 0.352 e. The first-order valence-corrected chi connectivity index (χ1v) is 8.74. The van der Waals surface area contributed by atoms with Crippen LogP contribution in [0, 0.1) is 0 Å². The number of piperidine rings is 1. The predicted molar refractivity (Wildman–Crippen MR) is 80.0 cm³/mol. The van der Waals surface area contributed by atoms with Crippen LogP contribution in [0.2, 0.25) is 0 Å². The number of aromatic nitrogens is 1. The van der Waals surface area contributed by atoms with Gasteiger partial charge in [0.25, 0.3) is 0 Å². The van der Waals surface area contributed by atoms with Crippen LogP contribution in [-0.2, 0) is 23.6 Å². The molecule has 6 heteroatoms. The lowest BCUT2D eigenvalue weighted by atomic mass is 10.2. The molecule has 1 N–H and O–H groups in total. The summed E-state index contributed by atoms with van der Waals surface area (Å²) in [6.07, 6.45) is 4.79. The second-order valence-corrected chi connectivity index (χ2v) is 7.72. The molecule has 114 valence electrons. The number of nitrogens with one attached hydrogen (secondary N) is 1. The number of hydrogen-bond acceptors (Lipinski definition) is 3. The van der Waals surface area contributed by atoms with Crippen LogP contribution in [0.3, 0.4) is 0 Å². The van der Waals surface area contributed by atoms with E-state index in [2.05, 4.69) is 19.2 Å². The summed E-state index contributed by atoms with van der Waals surface area (Å²) >= 11 is 0. The average Bonchev–Trinajstić information content (AvgIpc) is 2.79. The molecule has 5 nitrogen and oxygen atoms in total. The van der Waals surface area contributed by atoms with E-state index >= 15 is 0 Å². The summed E-state index contributed by atoms with van der Waals surface area (Å²) in [4.78, 5) is 0.419. The fourth-order valence-corrected chi connectivity index (χ4v) is 4.07. The molecule has 2 rings (SSSR count). The molecule has 0 aliphatic carbocycles. The van der Waals surface area contributed by atoms with Gasteiger partial charge < -0.3 is 9.88 Å². The van der Waals surface area contributed by atoms with Crippen molar-refractivity contribution in [1.29, 1.82) is 0 Å². The first kappa shape index (κ1) is 15.5. The average molecular weight is 299 g/mol. The minimum absolute atomic E-state index is 0.382. The molecule has 0 saturated carbocycles. The van der Waals surface area contributed by atoms with Gasteiger partial charge >= 0.3 is 0 Å². The van der Waals surface area contributed by atoms with E-state index in [4.69, 9.17) is 0 Å². The first-order chi connectivity index (χ1) is 9.41. The fourth-order valence-electron chi connectivity index (χ4n) is 2.46. The molecule has 0 radical (unpaired) electrons. The van der Waals surface area contributed by atoms with E-state index < -0.39 is 10.0 Å². The summed E-state index contributed by atoms with van der Waals surface area (Å²) in [5.41, 5.74) is 0.995. The van der Waals surface area contributed by atoms with Gasteiger partial charge in [-0.2, -0.15) is 4.31 Å². The molecule has 1 aliphatic heterocycles. The molecule has 1 fully saturated rings. The van der Waals surface area contributed by atoms with E-state index in [0.29, 0.717) is 30.6 Å². The molecule has 0 atom stereocenters. The highest BCUT2D eigenvalue weighted by molar-refractivity contribution is 7.89. The van der Waals surface area contributed by atoms with Crippen LogP contribution in [-0.4, -0.2) is 36.4 Å². The Morgan fingerprint density at radius 2 is 1.90 bits per heavy atom. The Morgan fingerprint density at radius 3 is 2.50 bits per heavy atom. The summed E-state index contributed by atoms with van der Waals surface area (Å²) in [6, 6.07) is 2.17. The maximum atomic E-state index is 12.6. The van der Waals surface area contributed by atoms with E-state index in [1.54, 1.807) is 16.6 Å². The van der Waals surface area contributed by atoms with Crippen molar-refractivity contribution >= 4 is 10.0 Å². The molecule has 1 aromatic rings. The van der Waals surface area contributed by atoms with Crippen molar-refractivity contribution in [2.45, 2.75) is 50.6 Å². The minimum atomic E-state index is -3.32. The molecule has 0 aromatic carbocycles. The van der Waals surface area contributed by atoms with Crippen molar-refractivity contribution < 1.29 is 8.42 Å². The summed E-state index contributed by atoms with van der Waals surface area (Å²) in [5, 5.41) is 3.32. The molecule has 1 aliphatic rings. The van der Waals surface area contributed by atoms with Crippen LogP contribution in [0.25, 0.3) is 0 Å². The fraction of sp³-hybridized carbons (Fsp3) is 0.714. The van der Waals surface area contributed by atoms with E-state index in [9.17, 15) is 8.42 Å². The second-order valence-electron chi connectivity index (χ2n) is 5.78. The van der Waals surface area contributed by atoms with Gasteiger partial charge in [0.2, 0.25) is 10.0 Å². The van der Waals surface area contributed by atoms with Crippen LogP contribution in [0.15, 0.2) is 17.2 Å². The third kappa shape index (κ3) is 3.42. The van der Waals surface area contributed by atoms with Gasteiger partial charge in [-0.3, -0.25) is 0 Å². The molecular weight excluding hydrogens is 274 g/mol. The SMILES string of the molecule is CC(C)NCc1cc(S(=O)(=O)N2CCCCC2)cn1C. The first-order valence-electron chi connectivity index (χ1n) is 7.30. The number of rotatable bonds is 5. The zero-order valence-electron chi connectivity index (χ0n) is 12.6. The van der Waals surface area contributed by atoms with Gasteiger partial charge in [-0.1, -0.05) is 20.3 Å². The van der Waals surface area contributed by atoms with Crippen LogP contribution in [0.4, 0.5) is 0 Å². The van der Waals surface area contributed by atoms with E-state index in [1.807, 2.05) is 11.6 Å². The van der Waals surface area contributed by atoms with Crippen molar-refractivity contribution in [3.8, 4) is 0 Å². The van der Waals surface area contributed by atoms with Crippen molar-refractivity contribution in [3.05, 3.63) is 18.0 Å². The van der Waals surface area contributed by atoms with Crippen molar-refractivity contribution in [2.24, 2.45) is 7.05 Å². The third-order valence-corrected chi connectivity index (χ3v) is 5.59. The summed E-state index contributed by atoms with van der Waals surface area (Å²) < 4.78 is 28.7. The molecule has 0 bridgehead atoms. The molecule has 2 heterocycles. The highest BCUT2D eigenvalue weighted by atomic mass is 32.2. The molecule has 0 unspecified atom stereocenters. The smallest absolute Gasteiger partial charge is 0.244 e. The number of hydrogen-bond donors (Lipinski definition) is 1. The molecule has 0 amide bonds. The zero-order valence-corrected chi connectivity index (χ0v) is 13.4. The molecule has 1 aromatic heterocycles. The maximum Gasteiger partial charge on any atom is 0.244 e. The van der Waals surface area contributed by atoms with E-state index in [-0.39, 0.29) is 0 Å². The quantitative estimate of drug-likeness (QED) is 0.900. The lowest BCUT2D eigenvalue weighted by molar-refractivity contribution is 0.346. The Morgan fingerprint density at radius 1 is 1.25 bits per heavy atom. The Kier molecular flexibility index (Phi) is 4.88. The van der Waals surface area contributed by atoms with Crippen LogP contribution >= 0.6 is 0 Å². The molecule has 0 spiro atoms. The molecule has 1 saturated heterocycles. The minimum Gasteiger partial charge on any atom is -0.352 e. The van der Waals surface area contributed by atoms with Gasteiger partial charge in [0.15, 0.2) is 0 Å². The van der Waals surface area contributed by atoms with E-state index in [0.717, 1.165) is 25.0 Å². The zero-order chi connectivity index (χ0) is 14.8. The van der Waals surface area contributed by atoms with Gasteiger partial charge in [0, 0.05) is 44.6 Å². The van der Waals surface area contributed by atoms with Crippen LogP contribution < -0.4 is 5.32 Å². The maximum absolute atomic E-state index is 12.6. The van der Waals surface area contributed by atoms with Gasteiger partial charge in [-0.05, 0) is 18.9 Å². The summed E-state index contributed by atoms with van der Waals surface area (Å²) in [7, 11) is -1.42. The lowest BCUT2D eigenvalue weighted by Gasteiger charge is -2.25. The van der Waals surface area contributed by atoms with Crippen molar-refractivity contribution in [1.82, 2.24) is 14.2 Å². The summed E-state index contributed by atoms with van der Waals surface area (Å²) in [6.45, 7) is 6.14. The van der Waals surface area contributed by atoms with Crippen LogP contribution in [0.5, 0.6) is 0 Å². The Labute approximate surface area is 122 Å². The molecular formula is C14H25N3O2S. The van der Waals surface area contributed by atoms with Gasteiger partial charge in [-0.25, -0.2) is 8.42 Å². The highest BCUT2D eigenvalue weighted by Crippen LogP contribution is 2.22. The monoisotopic (exact) mass is 299 g/mol. The predicted octanol–water partition coefficient (Wildman–Crippen LogP) is 1.70. The highest BCUT2D eigenvalue weighted by Gasteiger charge is 2.27.